The van der Waals surface area contributed by atoms with Crippen LogP contribution in [0.5, 0.6) is 0 Å². The highest BCUT2D eigenvalue weighted by atomic mass is 16.6. The SMILES string of the molecule is CCc1ccc(C(C(=O)NCC(=O)OC)N(CCO)C(=O)C(NC(=O)OC(C)(C)C)C(C)CC)cc1. The first-order valence-electron chi connectivity index (χ1n) is 12.2. The number of carbonyl (C=O) groups excluding carboxylic acids is 4. The van der Waals surface area contributed by atoms with Gasteiger partial charge in [0.1, 0.15) is 24.2 Å². The van der Waals surface area contributed by atoms with Crippen LogP contribution in [0.3, 0.4) is 0 Å². The van der Waals surface area contributed by atoms with Gasteiger partial charge in [-0.2, -0.15) is 0 Å². The number of nitrogens with one attached hydrogen (secondary N) is 2. The van der Waals surface area contributed by atoms with E-state index in [4.69, 9.17) is 4.74 Å². The average molecular weight is 508 g/mol. The maximum absolute atomic E-state index is 13.8. The first-order chi connectivity index (χ1) is 16.9. The number of hydrogen-bond acceptors (Lipinski definition) is 7. The number of benzene rings is 1. The molecule has 202 valence electrons. The van der Waals surface area contributed by atoms with E-state index in [2.05, 4.69) is 15.4 Å². The smallest absolute Gasteiger partial charge is 0.408 e. The number of amides is 3. The summed E-state index contributed by atoms with van der Waals surface area (Å²) in [6.45, 7) is 9.85. The van der Waals surface area contributed by atoms with E-state index < -0.39 is 48.2 Å². The van der Waals surface area contributed by atoms with E-state index in [1.165, 1.54) is 12.0 Å². The molecule has 0 aliphatic carbocycles. The monoisotopic (exact) mass is 507 g/mol. The van der Waals surface area contributed by atoms with Gasteiger partial charge in [-0.05, 0) is 44.2 Å². The Balaban J connectivity index is 3.45. The van der Waals surface area contributed by atoms with Gasteiger partial charge in [0.25, 0.3) is 0 Å². The van der Waals surface area contributed by atoms with Crippen molar-refractivity contribution >= 4 is 23.9 Å². The van der Waals surface area contributed by atoms with E-state index in [1.54, 1.807) is 39.8 Å². The van der Waals surface area contributed by atoms with Gasteiger partial charge < -0.3 is 30.1 Å². The van der Waals surface area contributed by atoms with Crippen molar-refractivity contribution in [2.45, 2.75) is 72.1 Å². The highest BCUT2D eigenvalue weighted by Crippen LogP contribution is 2.25. The molecule has 3 atom stereocenters. The number of esters is 1. The molecule has 3 amide bonds. The molecule has 3 N–H and O–H groups in total. The van der Waals surface area contributed by atoms with Crippen molar-refractivity contribution in [3.63, 3.8) is 0 Å². The zero-order chi connectivity index (χ0) is 27.5. The largest absolute Gasteiger partial charge is 0.468 e. The quantitative estimate of drug-likeness (QED) is 0.370. The van der Waals surface area contributed by atoms with Gasteiger partial charge >= 0.3 is 12.1 Å². The summed E-state index contributed by atoms with van der Waals surface area (Å²) in [7, 11) is 1.20. The van der Waals surface area contributed by atoms with Crippen molar-refractivity contribution in [3.8, 4) is 0 Å². The molecule has 10 heteroatoms. The minimum Gasteiger partial charge on any atom is -0.468 e. The van der Waals surface area contributed by atoms with Crippen LogP contribution in [0.15, 0.2) is 24.3 Å². The Hall–Kier alpha value is -3.14. The summed E-state index contributed by atoms with van der Waals surface area (Å²) < 4.78 is 9.95. The lowest BCUT2D eigenvalue weighted by molar-refractivity contribution is -0.145. The maximum Gasteiger partial charge on any atom is 0.408 e. The molecule has 0 aromatic heterocycles. The molecule has 0 bridgehead atoms. The van der Waals surface area contributed by atoms with E-state index in [0.29, 0.717) is 12.0 Å². The molecular weight excluding hydrogens is 466 g/mol. The molecule has 0 fully saturated rings. The Morgan fingerprint density at radius 2 is 1.69 bits per heavy atom. The van der Waals surface area contributed by atoms with Gasteiger partial charge in [0.05, 0.1) is 13.7 Å². The fourth-order valence-electron chi connectivity index (χ4n) is 3.51. The predicted molar refractivity (Wildman–Crippen MR) is 135 cm³/mol. The molecule has 36 heavy (non-hydrogen) atoms. The van der Waals surface area contributed by atoms with Gasteiger partial charge in [0.15, 0.2) is 0 Å². The summed E-state index contributed by atoms with van der Waals surface area (Å²) >= 11 is 0. The van der Waals surface area contributed by atoms with Crippen molar-refractivity contribution in [2.24, 2.45) is 5.92 Å². The summed E-state index contributed by atoms with van der Waals surface area (Å²) in [5, 5.41) is 15.0. The minimum absolute atomic E-state index is 0.173. The summed E-state index contributed by atoms with van der Waals surface area (Å²) in [4.78, 5) is 52.6. The number of alkyl carbamates (subject to hydrolysis) is 1. The number of aryl methyl sites for hydroxylation is 1. The van der Waals surface area contributed by atoms with Gasteiger partial charge in [0, 0.05) is 6.54 Å². The fourth-order valence-corrected chi connectivity index (χ4v) is 3.51. The van der Waals surface area contributed by atoms with Crippen LogP contribution in [0.25, 0.3) is 0 Å². The van der Waals surface area contributed by atoms with E-state index in [9.17, 15) is 24.3 Å². The minimum atomic E-state index is -1.16. The van der Waals surface area contributed by atoms with Crippen molar-refractivity contribution in [3.05, 3.63) is 35.4 Å². The highest BCUT2D eigenvalue weighted by molar-refractivity contribution is 5.93. The standard InChI is InChI=1S/C26H41N3O7/c1-8-17(3)21(28-25(34)36-26(4,5)6)24(33)29(14-15-30)22(23(32)27-16-20(31)35-7)19-12-10-18(9-2)11-13-19/h10-13,17,21-22,30H,8-9,14-16H2,1-7H3,(H,27,32)(H,28,34). The topological polar surface area (TPSA) is 134 Å². The van der Waals surface area contributed by atoms with Crippen molar-refractivity contribution in [1.82, 2.24) is 15.5 Å². The van der Waals surface area contributed by atoms with Crippen molar-refractivity contribution in [2.75, 3.05) is 26.8 Å². The predicted octanol–water partition coefficient (Wildman–Crippen LogP) is 2.34. The van der Waals surface area contributed by atoms with Gasteiger partial charge in [-0.3, -0.25) is 14.4 Å². The zero-order valence-electron chi connectivity index (χ0n) is 22.4. The van der Waals surface area contributed by atoms with E-state index in [0.717, 1.165) is 12.0 Å². The normalized spacial score (nSPS) is 13.7. The molecule has 0 saturated heterocycles. The number of aliphatic hydroxyl groups excluding tert-OH is 1. The Kier molecular flexibility index (Phi) is 12.4. The zero-order valence-corrected chi connectivity index (χ0v) is 22.4. The van der Waals surface area contributed by atoms with E-state index in [1.807, 2.05) is 26.0 Å². The van der Waals surface area contributed by atoms with E-state index in [-0.39, 0.29) is 19.0 Å². The molecule has 0 aliphatic rings. The molecule has 10 nitrogen and oxygen atoms in total. The fraction of sp³-hybridized carbons (Fsp3) is 0.615. The maximum atomic E-state index is 13.8. The molecule has 1 rings (SSSR count). The van der Waals surface area contributed by atoms with Crippen molar-refractivity contribution in [1.29, 1.82) is 0 Å². The lowest BCUT2D eigenvalue weighted by Crippen LogP contribution is -2.56. The third-order valence-corrected chi connectivity index (χ3v) is 5.67. The number of hydrogen-bond donors (Lipinski definition) is 3. The van der Waals surface area contributed by atoms with Crippen LogP contribution in [-0.4, -0.2) is 72.3 Å². The Bertz CT molecular complexity index is 881. The second-order valence-corrected chi connectivity index (χ2v) is 9.56. The van der Waals surface area contributed by atoms with Crippen LogP contribution in [0.2, 0.25) is 0 Å². The lowest BCUT2D eigenvalue weighted by atomic mass is 9.95. The third kappa shape index (κ3) is 9.49. The second kappa shape index (κ2) is 14.4. The first kappa shape index (κ1) is 30.9. The van der Waals surface area contributed by atoms with E-state index >= 15 is 0 Å². The van der Waals surface area contributed by atoms with Crippen molar-refractivity contribution < 1.29 is 33.8 Å². The van der Waals surface area contributed by atoms with Crippen LogP contribution in [-0.2, 0) is 30.3 Å². The first-order valence-corrected chi connectivity index (χ1v) is 12.2. The Labute approximate surface area is 213 Å². The third-order valence-electron chi connectivity index (χ3n) is 5.67. The molecule has 0 saturated carbocycles. The summed E-state index contributed by atoms with van der Waals surface area (Å²) in [5.74, 6) is -2.12. The van der Waals surface area contributed by atoms with Gasteiger partial charge in [0.2, 0.25) is 11.8 Å². The molecule has 1 aromatic rings. The summed E-state index contributed by atoms with van der Waals surface area (Å²) in [5.41, 5.74) is 0.767. The number of carbonyl (C=O) groups is 4. The molecule has 1 aromatic carbocycles. The Morgan fingerprint density at radius 1 is 1.08 bits per heavy atom. The highest BCUT2D eigenvalue weighted by Gasteiger charge is 2.38. The molecule has 0 aliphatic heterocycles. The molecule has 0 radical (unpaired) electrons. The van der Waals surface area contributed by atoms with Crippen LogP contribution < -0.4 is 10.6 Å². The second-order valence-electron chi connectivity index (χ2n) is 9.56. The van der Waals surface area contributed by atoms with Crippen LogP contribution in [0.1, 0.15) is 65.1 Å². The van der Waals surface area contributed by atoms with Crippen LogP contribution in [0.4, 0.5) is 4.79 Å². The number of methoxy groups -OCH3 is 1. The molecule has 0 heterocycles. The van der Waals surface area contributed by atoms with Gasteiger partial charge in [-0.25, -0.2) is 4.79 Å². The number of aliphatic hydroxyl groups is 1. The van der Waals surface area contributed by atoms with Crippen LogP contribution >= 0.6 is 0 Å². The Morgan fingerprint density at radius 3 is 2.17 bits per heavy atom. The number of rotatable bonds is 12. The molecule has 3 unspecified atom stereocenters. The average Bonchev–Trinajstić information content (AvgIpc) is 2.83. The van der Waals surface area contributed by atoms with Crippen LogP contribution in [0, 0.1) is 5.92 Å². The van der Waals surface area contributed by atoms with Gasteiger partial charge in [-0.15, -0.1) is 0 Å². The lowest BCUT2D eigenvalue weighted by Gasteiger charge is -2.35. The molecule has 0 spiro atoms. The molecular formula is C26H41N3O7. The summed E-state index contributed by atoms with van der Waals surface area (Å²) in [6.07, 6.45) is 0.585. The number of ether oxygens (including phenoxy) is 2. The number of nitrogens with zero attached hydrogens (tertiary/aromatic N) is 1. The summed E-state index contributed by atoms with van der Waals surface area (Å²) in [6, 6.07) is 5.00. The van der Waals surface area contributed by atoms with Gasteiger partial charge in [-0.1, -0.05) is 51.5 Å².